The lowest BCUT2D eigenvalue weighted by Crippen LogP contribution is -1.86. The second-order valence-corrected chi connectivity index (χ2v) is 5.04. The molecule has 0 radical (unpaired) electrons. The second-order valence-electron chi connectivity index (χ2n) is 4.62. The van der Waals surface area contributed by atoms with Gasteiger partial charge in [-0.05, 0) is 48.6 Å². The molecule has 0 N–H and O–H groups in total. The fraction of sp³-hybridized carbons (Fsp3) is 0.438. The Kier molecular flexibility index (Phi) is 8.15. The minimum absolute atomic E-state index is 0.198. The normalized spacial score (nSPS) is 11.1. The van der Waals surface area contributed by atoms with E-state index in [-0.39, 0.29) is 11.1 Å². The van der Waals surface area contributed by atoms with Gasteiger partial charge < -0.3 is 0 Å². The molecule has 3 heteroatoms. The standard InChI is InChI=1S/C16H20ClFO/c17-16(19)12-7-5-3-1-2-4-6-9-14-10-8-11-15(18)13-14/h6,8-11,13H,1-5,7,12H2/b9-6+. The van der Waals surface area contributed by atoms with Crippen molar-refractivity contribution < 1.29 is 9.18 Å². The smallest absolute Gasteiger partial charge is 0.221 e. The summed E-state index contributed by atoms with van der Waals surface area (Å²) in [4.78, 5) is 10.5. The molecule has 0 heterocycles. The maximum absolute atomic E-state index is 12.9. The predicted octanol–water partition coefficient (Wildman–Crippen LogP) is 5.34. The van der Waals surface area contributed by atoms with Crippen LogP contribution in [0, 0.1) is 5.82 Å². The van der Waals surface area contributed by atoms with Crippen molar-refractivity contribution in [2.45, 2.75) is 44.9 Å². The molecule has 0 bridgehead atoms. The summed E-state index contributed by atoms with van der Waals surface area (Å²) in [5.74, 6) is -0.198. The monoisotopic (exact) mass is 282 g/mol. The Morgan fingerprint density at radius 2 is 1.89 bits per heavy atom. The summed E-state index contributed by atoms with van der Waals surface area (Å²) in [6, 6.07) is 6.58. The summed E-state index contributed by atoms with van der Waals surface area (Å²) in [5.41, 5.74) is 0.903. The van der Waals surface area contributed by atoms with Crippen molar-refractivity contribution in [3.05, 3.63) is 41.7 Å². The molecule has 19 heavy (non-hydrogen) atoms. The molecule has 1 rings (SSSR count). The molecule has 0 atom stereocenters. The third-order valence-corrected chi connectivity index (χ3v) is 3.09. The number of rotatable bonds is 9. The van der Waals surface area contributed by atoms with Crippen LogP contribution in [0.5, 0.6) is 0 Å². The highest BCUT2D eigenvalue weighted by molar-refractivity contribution is 6.63. The van der Waals surface area contributed by atoms with Gasteiger partial charge >= 0.3 is 0 Å². The number of hydrogen-bond acceptors (Lipinski definition) is 1. The Bertz CT molecular complexity index is 415. The summed E-state index contributed by atoms with van der Waals surface area (Å²) >= 11 is 5.25. The molecule has 0 spiro atoms. The Balaban J connectivity index is 2.03. The predicted molar refractivity (Wildman–Crippen MR) is 78.6 cm³/mol. The maximum atomic E-state index is 12.9. The van der Waals surface area contributed by atoms with Crippen LogP contribution >= 0.6 is 11.6 Å². The number of carbonyl (C=O) groups excluding carboxylic acids is 1. The summed E-state index contributed by atoms with van der Waals surface area (Å²) in [6.45, 7) is 0. The third kappa shape index (κ3) is 8.55. The first-order valence-electron chi connectivity index (χ1n) is 6.79. The van der Waals surface area contributed by atoms with Crippen LogP contribution in [-0.4, -0.2) is 5.24 Å². The summed E-state index contributed by atoms with van der Waals surface area (Å²) in [6.07, 6.45) is 10.9. The van der Waals surface area contributed by atoms with E-state index in [1.165, 1.54) is 12.1 Å². The van der Waals surface area contributed by atoms with Crippen molar-refractivity contribution in [3.63, 3.8) is 0 Å². The Morgan fingerprint density at radius 1 is 1.16 bits per heavy atom. The van der Waals surface area contributed by atoms with E-state index in [2.05, 4.69) is 6.08 Å². The largest absolute Gasteiger partial charge is 0.281 e. The molecule has 1 nitrogen and oxygen atoms in total. The minimum Gasteiger partial charge on any atom is -0.281 e. The lowest BCUT2D eigenvalue weighted by atomic mass is 10.1. The van der Waals surface area contributed by atoms with E-state index in [9.17, 15) is 9.18 Å². The molecule has 0 aliphatic rings. The second kappa shape index (κ2) is 9.74. The number of benzene rings is 1. The molecule has 0 aromatic heterocycles. The van der Waals surface area contributed by atoms with E-state index in [0.29, 0.717) is 6.42 Å². The van der Waals surface area contributed by atoms with E-state index in [0.717, 1.165) is 44.1 Å². The van der Waals surface area contributed by atoms with Crippen LogP contribution in [0.3, 0.4) is 0 Å². The lowest BCUT2D eigenvalue weighted by Gasteiger charge is -1.98. The van der Waals surface area contributed by atoms with Gasteiger partial charge in [0.2, 0.25) is 5.24 Å². The highest BCUT2D eigenvalue weighted by atomic mass is 35.5. The van der Waals surface area contributed by atoms with Gasteiger partial charge in [-0.15, -0.1) is 0 Å². The highest BCUT2D eigenvalue weighted by Crippen LogP contribution is 2.10. The van der Waals surface area contributed by atoms with Crippen molar-refractivity contribution >= 4 is 22.9 Å². The first kappa shape index (κ1) is 15.9. The number of halogens is 2. The van der Waals surface area contributed by atoms with Gasteiger partial charge in [0, 0.05) is 6.42 Å². The zero-order chi connectivity index (χ0) is 13.9. The van der Waals surface area contributed by atoms with Crippen molar-refractivity contribution in [1.82, 2.24) is 0 Å². The molecule has 1 aromatic rings. The van der Waals surface area contributed by atoms with Crippen molar-refractivity contribution in [2.75, 3.05) is 0 Å². The quantitative estimate of drug-likeness (QED) is 0.442. The molecule has 0 unspecified atom stereocenters. The fourth-order valence-electron chi connectivity index (χ4n) is 1.89. The maximum Gasteiger partial charge on any atom is 0.221 e. The van der Waals surface area contributed by atoms with Gasteiger partial charge in [0.05, 0.1) is 0 Å². The van der Waals surface area contributed by atoms with Crippen LogP contribution in [0.15, 0.2) is 30.3 Å². The van der Waals surface area contributed by atoms with Crippen LogP contribution in [0.2, 0.25) is 0 Å². The Morgan fingerprint density at radius 3 is 2.63 bits per heavy atom. The van der Waals surface area contributed by atoms with Gasteiger partial charge in [-0.3, -0.25) is 4.79 Å². The van der Waals surface area contributed by atoms with Gasteiger partial charge in [0.25, 0.3) is 0 Å². The van der Waals surface area contributed by atoms with Crippen LogP contribution in [0.25, 0.3) is 6.08 Å². The van der Waals surface area contributed by atoms with E-state index < -0.39 is 0 Å². The van der Waals surface area contributed by atoms with Crippen molar-refractivity contribution in [1.29, 1.82) is 0 Å². The van der Waals surface area contributed by atoms with Crippen molar-refractivity contribution in [2.24, 2.45) is 0 Å². The molecular weight excluding hydrogens is 263 g/mol. The number of allylic oxidation sites excluding steroid dienone is 1. The number of carbonyl (C=O) groups is 1. The van der Waals surface area contributed by atoms with E-state index in [1.54, 1.807) is 6.07 Å². The molecule has 1 aromatic carbocycles. The summed E-state index contributed by atoms with van der Waals surface area (Å²) < 4.78 is 12.9. The zero-order valence-corrected chi connectivity index (χ0v) is 11.8. The van der Waals surface area contributed by atoms with Crippen molar-refractivity contribution in [3.8, 4) is 0 Å². The Labute approximate surface area is 119 Å². The van der Waals surface area contributed by atoms with E-state index >= 15 is 0 Å². The Hall–Kier alpha value is -1.15. The van der Waals surface area contributed by atoms with Gasteiger partial charge in [0.15, 0.2) is 0 Å². The molecular formula is C16H20ClFO. The average molecular weight is 283 g/mol. The van der Waals surface area contributed by atoms with Gasteiger partial charge in [-0.1, -0.05) is 43.5 Å². The lowest BCUT2D eigenvalue weighted by molar-refractivity contribution is -0.111. The molecule has 0 aliphatic heterocycles. The van der Waals surface area contributed by atoms with E-state index in [4.69, 9.17) is 11.6 Å². The topological polar surface area (TPSA) is 17.1 Å². The number of unbranched alkanes of at least 4 members (excludes halogenated alkanes) is 5. The molecule has 0 amide bonds. The SMILES string of the molecule is O=C(Cl)CCCCCCC/C=C/c1cccc(F)c1. The van der Waals surface area contributed by atoms with Gasteiger partial charge in [-0.2, -0.15) is 0 Å². The first-order chi connectivity index (χ1) is 9.18. The van der Waals surface area contributed by atoms with Crippen LogP contribution in [0.1, 0.15) is 50.5 Å². The molecule has 0 saturated heterocycles. The molecule has 0 saturated carbocycles. The van der Waals surface area contributed by atoms with Gasteiger partial charge in [0.1, 0.15) is 5.82 Å². The van der Waals surface area contributed by atoms with Crippen LogP contribution < -0.4 is 0 Å². The first-order valence-corrected chi connectivity index (χ1v) is 7.17. The zero-order valence-electron chi connectivity index (χ0n) is 11.1. The van der Waals surface area contributed by atoms with Crippen LogP contribution in [-0.2, 0) is 4.79 Å². The molecule has 0 fully saturated rings. The van der Waals surface area contributed by atoms with E-state index in [1.807, 2.05) is 12.1 Å². The van der Waals surface area contributed by atoms with Gasteiger partial charge in [-0.25, -0.2) is 4.39 Å². The summed E-state index contributed by atoms with van der Waals surface area (Å²) in [5, 5.41) is -0.238. The average Bonchev–Trinajstić information content (AvgIpc) is 2.36. The highest BCUT2D eigenvalue weighted by Gasteiger charge is 1.95. The third-order valence-electron chi connectivity index (χ3n) is 2.90. The molecule has 0 aliphatic carbocycles. The number of hydrogen-bond donors (Lipinski definition) is 0. The van der Waals surface area contributed by atoms with Crippen LogP contribution in [0.4, 0.5) is 4.39 Å². The molecule has 104 valence electrons. The summed E-state index contributed by atoms with van der Waals surface area (Å²) in [7, 11) is 0. The fourth-order valence-corrected chi connectivity index (χ4v) is 2.02. The minimum atomic E-state index is -0.238.